The Morgan fingerprint density at radius 3 is 2.55 bits per heavy atom. The molecule has 0 saturated carbocycles. The summed E-state index contributed by atoms with van der Waals surface area (Å²) in [5.74, 6) is 0.104. The lowest BCUT2D eigenvalue weighted by molar-refractivity contribution is -0.117. The number of hydrogen-bond acceptors (Lipinski definition) is 6. The largest absolute Gasteiger partial charge is 0.486 e. The molecule has 3 N–H and O–H groups in total. The summed E-state index contributed by atoms with van der Waals surface area (Å²) in [6, 6.07) is 14.8. The molecule has 38 heavy (non-hydrogen) atoms. The summed E-state index contributed by atoms with van der Waals surface area (Å²) >= 11 is 0. The minimum atomic E-state index is -0.768. The summed E-state index contributed by atoms with van der Waals surface area (Å²) in [4.78, 5) is 30.7. The zero-order valence-corrected chi connectivity index (χ0v) is 21.4. The Morgan fingerprint density at radius 1 is 1.13 bits per heavy atom. The Morgan fingerprint density at radius 2 is 1.87 bits per heavy atom. The highest BCUT2D eigenvalue weighted by Gasteiger charge is 2.22. The van der Waals surface area contributed by atoms with Crippen LogP contribution in [-0.4, -0.2) is 60.1 Å². The van der Waals surface area contributed by atoms with E-state index in [1.807, 2.05) is 13.8 Å². The molecule has 2 heterocycles. The summed E-state index contributed by atoms with van der Waals surface area (Å²) < 4.78 is 26.1. The lowest BCUT2D eigenvalue weighted by atomic mass is 10.0. The van der Waals surface area contributed by atoms with Gasteiger partial charge in [-0.05, 0) is 73.5 Å². The fourth-order valence-electron chi connectivity index (χ4n) is 3.93. The van der Waals surface area contributed by atoms with Crippen LogP contribution < -0.4 is 15.8 Å². The summed E-state index contributed by atoms with van der Waals surface area (Å²) in [7, 11) is 0. The van der Waals surface area contributed by atoms with Crippen molar-refractivity contribution in [2.75, 3.05) is 38.6 Å². The van der Waals surface area contributed by atoms with Crippen molar-refractivity contribution in [2.24, 2.45) is 0 Å². The van der Waals surface area contributed by atoms with Crippen molar-refractivity contribution in [3.05, 3.63) is 83.8 Å². The zero-order chi connectivity index (χ0) is 27.1. The Hall–Kier alpha value is -4.24. The second-order valence-corrected chi connectivity index (χ2v) is 9.55. The molecule has 0 bridgehead atoms. The minimum absolute atomic E-state index is 0.0684. The van der Waals surface area contributed by atoms with Gasteiger partial charge in [0.15, 0.2) is 0 Å². The molecular formula is C29H31FN4O4. The van der Waals surface area contributed by atoms with E-state index < -0.39 is 11.4 Å². The highest BCUT2D eigenvalue weighted by atomic mass is 19.1. The first-order chi connectivity index (χ1) is 18.2. The van der Waals surface area contributed by atoms with Crippen LogP contribution in [0.5, 0.6) is 5.75 Å². The molecule has 0 aliphatic carbocycles. The molecule has 8 nitrogen and oxygen atoms in total. The number of anilines is 1. The van der Waals surface area contributed by atoms with E-state index >= 15 is 0 Å². The van der Waals surface area contributed by atoms with Crippen LogP contribution in [0, 0.1) is 5.82 Å². The van der Waals surface area contributed by atoms with E-state index in [9.17, 15) is 14.0 Å². The average Bonchev–Trinajstić information content (AvgIpc) is 2.93. The maximum Gasteiger partial charge on any atom is 0.254 e. The van der Waals surface area contributed by atoms with Gasteiger partial charge in [0.2, 0.25) is 5.91 Å². The molecule has 1 aliphatic rings. The third-order valence-electron chi connectivity index (χ3n) is 6.00. The van der Waals surface area contributed by atoms with E-state index in [0.29, 0.717) is 54.6 Å². The van der Waals surface area contributed by atoms with Crippen LogP contribution >= 0.6 is 0 Å². The summed E-state index contributed by atoms with van der Waals surface area (Å²) in [5.41, 5.74) is 7.07. The van der Waals surface area contributed by atoms with Crippen molar-refractivity contribution in [1.29, 1.82) is 0 Å². The lowest BCUT2D eigenvalue weighted by Gasteiger charge is -2.27. The number of carbonyl (C=O) groups excluding carboxylic acids is 2. The molecule has 1 aromatic heterocycles. The van der Waals surface area contributed by atoms with Crippen molar-refractivity contribution in [2.45, 2.75) is 19.4 Å². The minimum Gasteiger partial charge on any atom is -0.486 e. The van der Waals surface area contributed by atoms with Crippen LogP contribution in [0.15, 0.2) is 66.9 Å². The fourth-order valence-corrected chi connectivity index (χ4v) is 3.93. The number of nitrogens with zero attached hydrogens (tertiary/aromatic N) is 2. The number of aromatic nitrogens is 1. The van der Waals surface area contributed by atoms with E-state index in [4.69, 9.17) is 15.2 Å². The molecule has 0 spiro atoms. The topological polar surface area (TPSA) is 107 Å². The van der Waals surface area contributed by atoms with Gasteiger partial charge in [-0.25, -0.2) is 9.37 Å². The quantitative estimate of drug-likeness (QED) is 0.438. The summed E-state index contributed by atoms with van der Waals surface area (Å²) in [6.45, 7) is 6.05. The molecule has 3 aromatic rings. The molecule has 0 atom stereocenters. The monoisotopic (exact) mass is 518 g/mol. The van der Waals surface area contributed by atoms with Gasteiger partial charge in [-0.15, -0.1) is 0 Å². The number of hydrogen-bond donors (Lipinski definition) is 2. The van der Waals surface area contributed by atoms with Crippen LogP contribution in [0.25, 0.3) is 17.2 Å². The number of amides is 2. The van der Waals surface area contributed by atoms with Gasteiger partial charge < -0.3 is 25.4 Å². The highest BCUT2D eigenvalue weighted by molar-refractivity contribution is 5.95. The molecule has 2 amide bonds. The second kappa shape index (κ2) is 11.9. The number of nitrogens with one attached hydrogen (secondary N) is 1. The zero-order valence-electron chi connectivity index (χ0n) is 21.4. The van der Waals surface area contributed by atoms with Gasteiger partial charge >= 0.3 is 0 Å². The second-order valence-electron chi connectivity index (χ2n) is 9.55. The smallest absolute Gasteiger partial charge is 0.254 e. The number of nitrogens with two attached hydrogens (primary N) is 1. The van der Waals surface area contributed by atoms with Crippen LogP contribution in [0.4, 0.5) is 10.2 Å². The normalized spacial score (nSPS) is 13.9. The molecule has 1 saturated heterocycles. The van der Waals surface area contributed by atoms with Gasteiger partial charge in [0.1, 0.15) is 23.0 Å². The predicted octanol–water partition coefficient (Wildman–Crippen LogP) is 3.93. The average molecular weight is 519 g/mol. The van der Waals surface area contributed by atoms with Gasteiger partial charge in [0, 0.05) is 36.5 Å². The molecule has 9 heteroatoms. The van der Waals surface area contributed by atoms with Crippen LogP contribution in [0.1, 0.15) is 29.8 Å². The van der Waals surface area contributed by atoms with E-state index in [1.165, 1.54) is 12.1 Å². The van der Waals surface area contributed by atoms with Gasteiger partial charge in [0.25, 0.3) is 5.91 Å². The number of carbonyl (C=O) groups is 2. The van der Waals surface area contributed by atoms with Gasteiger partial charge in [0.05, 0.1) is 19.8 Å². The maximum absolute atomic E-state index is 14.7. The number of ether oxygens (including phenoxy) is 2. The van der Waals surface area contributed by atoms with E-state index in [2.05, 4.69) is 10.3 Å². The molecule has 1 fully saturated rings. The number of morpholine rings is 1. The highest BCUT2D eigenvalue weighted by Crippen LogP contribution is 2.29. The van der Waals surface area contributed by atoms with Crippen molar-refractivity contribution in [1.82, 2.24) is 15.2 Å². The maximum atomic E-state index is 14.7. The first kappa shape index (κ1) is 26.8. The SMILES string of the molecule is CC(C)(CNC(=O)/C=C/c1ccc(N)nc1)Oc1ccc(F)c(-c2ccc(C(=O)N3CCOCC3)cc2)c1. The molecule has 0 unspecified atom stereocenters. The molecular weight excluding hydrogens is 487 g/mol. The number of rotatable bonds is 8. The Labute approximate surface area is 221 Å². The van der Waals surface area contributed by atoms with Crippen molar-refractivity contribution < 1.29 is 23.5 Å². The summed E-state index contributed by atoms with van der Waals surface area (Å²) in [6.07, 6.45) is 4.63. The van der Waals surface area contributed by atoms with Crippen molar-refractivity contribution in [3.8, 4) is 16.9 Å². The van der Waals surface area contributed by atoms with Crippen molar-refractivity contribution in [3.63, 3.8) is 0 Å². The van der Waals surface area contributed by atoms with Gasteiger partial charge in [-0.1, -0.05) is 12.1 Å². The predicted molar refractivity (Wildman–Crippen MR) is 144 cm³/mol. The third-order valence-corrected chi connectivity index (χ3v) is 6.00. The molecule has 0 radical (unpaired) electrons. The molecule has 1 aliphatic heterocycles. The Bertz CT molecular complexity index is 1300. The fraction of sp³-hybridized carbons (Fsp3) is 0.276. The number of halogens is 1. The number of benzene rings is 2. The van der Waals surface area contributed by atoms with Crippen molar-refractivity contribution >= 4 is 23.7 Å². The van der Waals surface area contributed by atoms with Gasteiger partial charge in [-0.3, -0.25) is 9.59 Å². The standard InChI is InChI=1S/C29H31FN4O4/c1-29(2,19-33-27(35)12-4-20-3-11-26(31)32-18-20)38-23-9-10-25(30)24(17-23)21-5-7-22(8-6-21)28(36)34-13-15-37-16-14-34/h3-12,17-18H,13-16,19H2,1-2H3,(H2,31,32)(H,33,35)/b12-4+. The number of nitrogen functional groups attached to an aromatic ring is 1. The molecule has 2 aromatic carbocycles. The summed E-state index contributed by atoms with van der Waals surface area (Å²) in [5, 5.41) is 2.81. The third kappa shape index (κ3) is 7.17. The van der Waals surface area contributed by atoms with Crippen LogP contribution in [0.3, 0.4) is 0 Å². The number of pyridine rings is 1. The first-order valence-corrected chi connectivity index (χ1v) is 12.3. The van der Waals surface area contributed by atoms with Gasteiger partial charge in [-0.2, -0.15) is 0 Å². The first-order valence-electron chi connectivity index (χ1n) is 12.3. The Balaban J connectivity index is 1.38. The lowest BCUT2D eigenvalue weighted by Crippen LogP contribution is -2.42. The molecule has 198 valence electrons. The van der Waals surface area contributed by atoms with E-state index in [0.717, 1.165) is 5.56 Å². The van der Waals surface area contributed by atoms with Crippen LogP contribution in [-0.2, 0) is 9.53 Å². The van der Waals surface area contributed by atoms with Crippen LogP contribution in [0.2, 0.25) is 0 Å². The van der Waals surface area contributed by atoms with E-state index in [-0.39, 0.29) is 18.4 Å². The Kier molecular flexibility index (Phi) is 8.38. The van der Waals surface area contributed by atoms with E-state index in [1.54, 1.807) is 65.7 Å². The molecule has 4 rings (SSSR count).